The minimum absolute atomic E-state index is 0.965. The van der Waals surface area contributed by atoms with Crippen molar-refractivity contribution in [2.45, 2.75) is 6.92 Å². The summed E-state index contributed by atoms with van der Waals surface area (Å²) in [6.45, 7) is 2.07. The molecule has 0 unspecified atom stereocenters. The van der Waals surface area contributed by atoms with Gasteiger partial charge in [0.15, 0.2) is 0 Å². The van der Waals surface area contributed by atoms with E-state index in [2.05, 4.69) is 50.6 Å². The third kappa shape index (κ3) is 2.97. The maximum Gasteiger partial charge on any atom is 0.0591 e. The number of benzene rings is 1. The monoisotopic (exact) mass is 291 g/mol. The number of hydrogen-bond acceptors (Lipinski definition) is 3. The molecule has 0 saturated carbocycles. The summed E-state index contributed by atoms with van der Waals surface area (Å²) in [6, 6.07) is 8.19. The number of anilines is 3. The molecule has 0 aliphatic rings. The number of pyridine rings is 1. The number of hydrogen-bond donors (Lipinski definition) is 2. The van der Waals surface area contributed by atoms with Gasteiger partial charge in [0.05, 0.1) is 23.8 Å². The van der Waals surface area contributed by atoms with Crippen LogP contribution in [0, 0.1) is 6.92 Å². The van der Waals surface area contributed by atoms with E-state index in [-0.39, 0.29) is 0 Å². The highest BCUT2D eigenvalue weighted by Gasteiger charge is 1.99. The van der Waals surface area contributed by atoms with Crippen molar-refractivity contribution in [3.8, 4) is 0 Å². The van der Waals surface area contributed by atoms with Crippen molar-refractivity contribution < 1.29 is 0 Å². The summed E-state index contributed by atoms with van der Waals surface area (Å²) in [4.78, 5) is 4.15. The predicted octanol–water partition coefficient (Wildman–Crippen LogP) is 3.94. The third-order valence-electron chi connectivity index (χ3n) is 2.49. The Labute approximate surface area is 109 Å². The van der Waals surface area contributed by atoms with Crippen molar-refractivity contribution in [2.75, 3.05) is 17.7 Å². The Bertz CT molecular complexity index is 526. The van der Waals surface area contributed by atoms with E-state index in [4.69, 9.17) is 0 Å². The lowest BCUT2D eigenvalue weighted by Gasteiger charge is -2.09. The molecule has 88 valence electrons. The molecule has 0 bridgehead atoms. The fourth-order valence-corrected chi connectivity index (χ4v) is 1.86. The zero-order chi connectivity index (χ0) is 12.3. The molecule has 0 aliphatic heterocycles. The lowest BCUT2D eigenvalue weighted by atomic mass is 10.2. The highest BCUT2D eigenvalue weighted by atomic mass is 79.9. The molecule has 17 heavy (non-hydrogen) atoms. The lowest BCUT2D eigenvalue weighted by Crippen LogP contribution is -1.94. The molecule has 0 aliphatic carbocycles. The van der Waals surface area contributed by atoms with Crippen molar-refractivity contribution >= 4 is 33.0 Å². The molecule has 2 aromatic rings. The van der Waals surface area contributed by atoms with Gasteiger partial charge < -0.3 is 10.6 Å². The normalized spacial score (nSPS) is 10.1. The summed E-state index contributed by atoms with van der Waals surface area (Å²) in [7, 11) is 1.88. The molecule has 1 heterocycles. The fourth-order valence-electron chi connectivity index (χ4n) is 1.48. The molecule has 4 heteroatoms. The molecule has 0 fully saturated rings. The van der Waals surface area contributed by atoms with E-state index >= 15 is 0 Å². The molecule has 0 amide bonds. The first kappa shape index (κ1) is 11.9. The quantitative estimate of drug-likeness (QED) is 0.899. The highest BCUT2D eigenvalue weighted by molar-refractivity contribution is 9.10. The van der Waals surface area contributed by atoms with Crippen LogP contribution in [0.4, 0.5) is 17.1 Å². The lowest BCUT2D eigenvalue weighted by molar-refractivity contribution is 1.30. The third-order valence-corrected chi connectivity index (χ3v) is 3.34. The number of rotatable bonds is 3. The van der Waals surface area contributed by atoms with Crippen LogP contribution in [-0.2, 0) is 0 Å². The van der Waals surface area contributed by atoms with E-state index in [0.29, 0.717) is 0 Å². The smallest absolute Gasteiger partial charge is 0.0591 e. The van der Waals surface area contributed by atoms with Gasteiger partial charge >= 0.3 is 0 Å². The summed E-state index contributed by atoms with van der Waals surface area (Å²) < 4.78 is 1.10. The van der Waals surface area contributed by atoms with Crippen molar-refractivity contribution in [1.29, 1.82) is 0 Å². The second kappa shape index (κ2) is 5.19. The number of aromatic nitrogens is 1. The van der Waals surface area contributed by atoms with Crippen molar-refractivity contribution in [3.05, 3.63) is 46.7 Å². The topological polar surface area (TPSA) is 37.0 Å². The summed E-state index contributed by atoms with van der Waals surface area (Å²) in [5.74, 6) is 0. The number of aryl methyl sites for hydroxylation is 1. The number of halogens is 1. The Balaban J connectivity index is 2.22. The van der Waals surface area contributed by atoms with Crippen LogP contribution < -0.4 is 10.6 Å². The zero-order valence-electron chi connectivity index (χ0n) is 9.79. The molecule has 0 saturated heterocycles. The van der Waals surface area contributed by atoms with Gasteiger partial charge in [0.1, 0.15) is 0 Å². The minimum Gasteiger partial charge on any atom is -0.387 e. The molecule has 0 spiro atoms. The fraction of sp³-hybridized carbons (Fsp3) is 0.154. The Morgan fingerprint density at radius 2 is 1.82 bits per heavy atom. The van der Waals surface area contributed by atoms with Crippen LogP contribution >= 0.6 is 15.9 Å². The first-order valence-corrected chi connectivity index (χ1v) is 6.14. The SMILES string of the molecule is CNc1cncc(Nc2ccc(C)c(Br)c2)c1. The Kier molecular flexibility index (Phi) is 3.64. The average Bonchev–Trinajstić information content (AvgIpc) is 2.34. The van der Waals surface area contributed by atoms with E-state index < -0.39 is 0 Å². The molecular formula is C13H14BrN3. The zero-order valence-corrected chi connectivity index (χ0v) is 11.4. The van der Waals surface area contributed by atoms with Crippen LogP contribution in [0.5, 0.6) is 0 Å². The van der Waals surface area contributed by atoms with Gasteiger partial charge in [0.25, 0.3) is 0 Å². The Hall–Kier alpha value is -1.55. The van der Waals surface area contributed by atoms with E-state index in [9.17, 15) is 0 Å². The van der Waals surface area contributed by atoms with Crippen LogP contribution in [0.2, 0.25) is 0 Å². The largest absolute Gasteiger partial charge is 0.387 e. The molecule has 2 N–H and O–H groups in total. The first-order valence-electron chi connectivity index (χ1n) is 5.35. The number of nitrogens with one attached hydrogen (secondary N) is 2. The van der Waals surface area contributed by atoms with E-state index in [1.165, 1.54) is 5.56 Å². The summed E-state index contributed by atoms with van der Waals surface area (Å²) in [6.07, 6.45) is 3.59. The van der Waals surface area contributed by atoms with Gasteiger partial charge in [0, 0.05) is 17.2 Å². The van der Waals surface area contributed by atoms with Crippen LogP contribution in [0.15, 0.2) is 41.1 Å². The molecule has 0 atom stereocenters. The molecule has 1 aromatic heterocycles. The maximum atomic E-state index is 4.15. The van der Waals surface area contributed by atoms with E-state index in [1.54, 1.807) is 12.4 Å². The molecule has 1 aromatic carbocycles. The maximum absolute atomic E-state index is 4.15. The van der Waals surface area contributed by atoms with Gasteiger partial charge in [-0.3, -0.25) is 4.98 Å². The summed E-state index contributed by atoms with van der Waals surface area (Å²) in [5, 5.41) is 6.38. The molecule has 3 nitrogen and oxygen atoms in total. The predicted molar refractivity (Wildman–Crippen MR) is 75.9 cm³/mol. The second-order valence-corrected chi connectivity index (χ2v) is 4.66. The summed E-state index contributed by atoms with van der Waals surface area (Å²) in [5.41, 5.74) is 4.21. The van der Waals surface area contributed by atoms with Crippen LogP contribution in [-0.4, -0.2) is 12.0 Å². The Morgan fingerprint density at radius 1 is 1.06 bits per heavy atom. The van der Waals surface area contributed by atoms with Crippen LogP contribution in [0.1, 0.15) is 5.56 Å². The average molecular weight is 292 g/mol. The van der Waals surface area contributed by atoms with Gasteiger partial charge in [-0.15, -0.1) is 0 Å². The van der Waals surface area contributed by atoms with Crippen molar-refractivity contribution in [2.24, 2.45) is 0 Å². The number of nitrogens with zero attached hydrogens (tertiary/aromatic N) is 1. The van der Waals surface area contributed by atoms with Crippen molar-refractivity contribution in [1.82, 2.24) is 4.98 Å². The van der Waals surface area contributed by atoms with Crippen molar-refractivity contribution in [3.63, 3.8) is 0 Å². The van der Waals surface area contributed by atoms with E-state index in [0.717, 1.165) is 21.5 Å². The van der Waals surface area contributed by atoms with E-state index in [1.807, 2.05) is 19.2 Å². The Morgan fingerprint density at radius 3 is 2.53 bits per heavy atom. The van der Waals surface area contributed by atoms with Gasteiger partial charge in [0.2, 0.25) is 0 Å². The minimum atomic E-state index is 0.965. The standard InChI is InChI=1S/C13H14BrN3/c1-9-3-4-10(6-13(9)14)17-12-5-11(15-2)7-16-8-12/h3-8,15,17H,1-2H3. The first-order chi connectivity index (χ1) is 8.19. The van der Waals surface area contributed by atoms with Gasteiger partial charge in [-0.05, 0) is 30.7 Å². The van der Waals surface area contributed by atoms with Gasteiger partial charge in [-0.25, -0.2) is 0 Å². The highest BCUT2D eigenvalue weighted by Crippen LogP contribution is 2.24. The van der Waals surface area contributed by atoms with Crippen LogP contribution in [0.3, 0.4) is 0 Å². The summed E-state index contributed by atoms with van der Waals surface area (Å²) >= 11 is 3.52. The molecule has 0 radical (unpaired) electrons. The second-order valence-electron chi connectivity index (χ2n) is 3.80. The molecule has 2 rings (SSSR count). The molecular weight excluding hydrogens is 278 g/mol. The van der Waals surface area contributed by atoms with Gasteiger partial charge in [-0.1, -0.05) is 22.0 Å². The van der Waals surface area contributed by atoms with Crippen LogP contribution in [0.25, 0.3) is 0 Å². The van der Waals surface area contributed by atoms with Gasteiger partial charge in [-0.2, -0.15) is 0 Å².